The molecule has 1 unspecified atom stereocenters. The van der Waals surface area contributed by atoms with Crippen LogP contribution in [0, 0.1) is 0 Å². The van der Waals surface area contributed by atoms with Crippen molar-refractivity contribution in [2.75, 3.05) is 6.61 Å². The lowest BCUT2D eigenvalue weighted by atomic mass is 10.1. The average Bonchev–Trinajstić information content (AvgIpc) is 2.21. The smallest absolute Gasteiger partial charge is 0.307 e. The number of halogens is 2. The van der Waals surface area contributed by atoms with Gasteiger partial charge in [-0.2, -0.15) is 0 Å². The summed E-state index contributed by atoms with van der Waals surface area (Å²) >= 11 is 9.24. The van der Waals surface area contributed by atoms with Crippen LogP contribution in [0.1, 0.15) is 24.9 Å². The lowest BCUT2D eigenvalue weighted by Gasteiger charge is -2.13. The molecule has 0 amide bonds. The fourth-order valence-electron chi connectivity index (χ4n) is 1.31. The van der Waals surface area contributed by atoms with Crippen LogP contribution in [-0.4, -0.2) is 12.6 Å². The molecule has 0 spiro atoms. The second-order valence-electron chi connectivity index (χ2n) is 3.28. The fourth-order valence-corrected chi connectivity index (χ4v) is 2.03. The Kier molecular flexibility index (Phi) is 5.25. The number of carbonyl (C=O) groups excluding carboxylic acids is 1. The van der Waals surface area contributed by atoms with Crippen LogP contribution in [0.3, 0.4) is 0 Å². The minimum Gasteiger partial charge on any atom is -0.466 e. The quantitative estimate of drug-likeness (QED) is 0.870. The zero-order valence-corrected chi connectivity index (χ0v) is 11.2. The van der Waals surface area contributed by atoms with Crippen molar-refractivity contribution in [3.63, 3.8) is 0 Å². The molecule has 5 heteroatoms. The van der Waals surface area contributed by atoms with Crippen molar-refractivity contribution in [3.05, 3.63) is 33.3 Å². The van der Waals surface area contributed by atoms with Crippen molar-refractivity contribution in [3.8, 4) is 0 Å². The molecule has 0 saturated carbocycles. The fraction of sp³-hybridized carbons (Fsp3) is 0.364. The normalized spacial score (nSPS) is 12.2. The van der Waals surface area contributed by atoms with Crippen molar-refractivity contribution < 1.29 is 9.53 Å². The molecule has 1 atom stereocenters. The van der Waals surface area contributed by atoms with E-state index in [9.17, 15) is 4.79 Å². The van der Waals surface area contributed by atoms with Crippen LogP contribution in [0.5, 0.6) is 0 Å². The summed E-state index contributed by atoms with van der Waals surface area (Å²) in [7, 11) is 0. The molecule has 88 valence electrons. The topological polar surface area (TPSA) is 52.3 Å². The molecule has 0 aliphatic rings. The SMILES string of the molecule is CCOC(=O)CC(N)c1cc(Cl)ccc1Br. The van der Waals surface area contributed by atoms with E-state index in [1.165, 1.54) is 0 Å². The Morgan fingerprint density at radius 3 is 2.94 bits per heavy atom. The predicted molar refractivity (Wildman–Crippen MR) is 67.3 cm³/mol. The van der Waals surface area contributed by atoms with Gasteiger partial charge in [0, 0.05) is 15.5 Å². The largest absolute Gasteiger partial charge is 0.466 e. The van der Waals surface area contributed by atoms with Gasteiger partial charge < -0.3 is 10.5 Å². The van der Waals surface area contributed by atoms with Gasteiger partial charge in [-0.25, -0.2) is 0 Å². The van der Waals surface area contributed by atoms with E-state index in [2.05, 4.69) is 15.9 Å². The van der Waals surface area contributed by atoms with Crippen LogP contribution in [0.4, 0.5) is 0 Å². The Morgan fingerprint density at radius 2 is 2.31 bits per heavy atom. The van der Waals surface area contributed by atoms with E-state index in [-0.39, 0.29) is 12.4 Å². The zero-order chi connectivity index (χ0) is 12.1. The summed E-state index contributed by atoms with van der Waals surface area (Å²) in [6.45, 7) is 2.13. The molecule has 0 fully saturated rings. The first-order valence-corrected chi connectivity index (χ1v) is 6.07. The van der Waals surface area contributed by atoms with Gasteiger partial charge in [-0.15, -0.1) is 0 Å². The number of carbonyl (C=O) groups is 1. The summed E-state index contributed by atoms with van der Waals surface area (Å²) in [4.78, 5) is 11.3. The summed E-state index contributed by atoms with van der Waals surface area (Å²) in [5.74, 6) is -0.304. The second-order valence-corrected chi connectivity index (χ2v) is 4.57. The van der Waals surface area contributed by atoms with Gasteiger partial charge in [0.2, 0.25) is 0 Å². The summed E-state index contributed by atoms with van der Waals surface area (Å²) in [5, 5.41) is 0.595. The molecule has 0 aliphatic heterocycles. The van der Waals surface area contributed by atoms with E-state index in [1.807, 2.05) is 6.07 Å². The lowest BCUT2D eigenvalue weighted by Crippen LogP contribution is -2.17. The van der Waals surface area contributed by atoms with Gasteiger partial charge >= 0.3 is 5.97 Å². The van der Waals surface area contributed by atoms with Crippen LogP contribution in [0.2, 0.25) is 5.02 Å². The summed E-state index contributed by atoms with van der Waals surface area (Å²) in [5.41, 5.74) is 6.71. The molecule has 0 aliphatic carbocycles. The Balaban J connectivity index is 2.76. The van der Waals surface area contributed by atoms with Crippen LogP contribution < -0.4 is 5.73 Å². The monoisotopic (exact) mass is 305 g/mol. The molecule has 0 bridgehead atoms. The summed E-state index contributed by atoms with van der Waals surface area (Å²) in [6.07, 6.45) is 0.146. The van der Waals surface area contributed by atoms with Crippen LogP contribution in [-0.2, 0) is 9.53 Å². The maximum Gasteiger partial charge on any atom is 0.307 e. The standard InChI is InChI=1S/C11H13BrClNO2/c1-2-16-11(15)6-10(14)8-5-7(13)3-4-9(8)12/h3-5,10H,2,6,14H2,1H3. The van der Waals surface area contributed by atoms with E-state index in [1.54, 1.807) is 19.1 Å². The van der Waals surface area contributed by atoms with Crippen LogP contribution in [0.15, 0.2) is 22.7 Å². The Bertz CT molecular complexity index is 384. The maximum atomic E-state index is 11.3. The summed E-state index contributed by atoms with van der Waals surface area (Å²) < 4.78 is 5.68. The van der Waals surface area contributed by atoms with Crippen LogP contribution in [0.25, 0.3) is 0 Å². The van der Waals surface area contributed by atoms with Crippen molar-refractivity contribution in [1.82, 2.24) is 0 Å². The van der Waals surface area contributed by atoms with Gasteiger partial charge in [0.15, 0.2) is 0 Å². The third kappa shape index (κ3) is 3.77. The molecule has 16 heavy (non-hydrogen) atoms. The van der Waals surface area contributed by atoms with Crippen molar-refractivity contribution in [1.29, 1.82) is 0 Å². The van der Waals surface area contributed by atoms with E-state index >= 15 is 0 Å². The molecule has 2 N–H and O–H groups in total. The van der Waals surface area contributed by atoms with Gasteiger partial charge in [-0.1, -0.05) is 27.5 Å². The molecule has 0 saturated heterocycles. The number of esters is 1. The number of ether oxygens (including phenoxy) is 1. The second kappa shape index (κ2) is 6.23. The van der Waals surface area contributed by atoms with E-state index in [4.69, 9.17) is 22.1 Å². The van der Waals surface area contributed by atoms with E-state index < -0.39 is 6.04 Å². The summed E-state index contributed by atoms with van der Waals surface area (Å²) in [6, 6.07) is 4.90. The molecule has 1 aromatic carbocycles. The number of hydrogen-bond donors (Lipinski definition) is 1. The van der Waals surface area contributed by atoms with E-state index in [0.717, 1.165) is 10.0 Å². The maximum absolute atomic E-state index is 11.3. The molecule has 1 rings (SSSR count). The highest BCUT2D eigenvalue weighted by Gasteiger charge is 2.15. The lowest BCUT2D eigenvalue weighted by molar-refractivity contribution is -0.143. The molecule has 0 radical (unpaired) electrons. The first kappa shape index (κ1) is 13.5. The highest BCUT2D eigenvalue weighted by atomic mass is 79.9. The Morgan fingerprint density at radius 1 is 1.62 bits per heavy atom. The highest BCUT2D eigenvalue weighted by Crippen LogP contribution is 2.27. The van der Waals surface area contributed by atoms with Crippen LogP contribution >= 0.6 is 27.5 Å². The molecular weight excluding hydrogens is 293 g/mol. The molecular formula is C11H13BrClNO2. The third-order valence-corrected chi connectivity index (χ3v) is 3.01. The molecule has 3 nitrogen and oxygen atoms in total. The Hall–Kier alpha value is -0.580. The minimum absolute atomic E-state index is 0.146. The van der Waals surface area contributed by atoms with E-state index in [0.29, 0.717) is 11.6 Å². The third-order valence-electron chi connectivity index (χ3n) is 2.05. The van der Waals surface area contributed by atoms with Crippen molar-refractivity contribution >= 4 is 33.5 Å². The van der Waals surface area contributed by atoms with Gasteiger partial charge in [0.05, 0.1) is 13.0 Å². The van der Waals surface area contributed by atoms with Gasteiger partial charge in [0.1, 0.15) is 0 Å². The Labute approximate surface area is 108 Å². The number of hydrogen-bond acceptors (Lipinski definition) is 3. The van der Waals surface area contributed by atoms with Crippen molar-refractivity contribution in [2.24, 2.45) is 5.73 Å². The average molecular weight is 307 g/mol. The molecule has 0 aromatic heterocycles. The first-order chi connectivity index (χ1) is 7.54. The van der Waals surface area contributed by atoms with Crippen molar-refractivity contribution in [2.45, 2.75) is 19.4 Å². The first-order valence-electron chi connectivity index (χ1n) is 4.90. The molecule has 0 heterocycles. The molecule has 1 aromatic rings. The van der Waals surface area contributed by atoms with Gasteiger partial charge in [0.25, 0.3) is 0 Å². The number of benzene rings is 1. The van der Waals surface area contributed by atoms with Gasteiger partial charge in [-0.3, -0.25) is 4.79 Å². The number of nitrogens with two attached hydrogens (primary N) is 1. The predicted octanol–water partition coefficient (Wildman–Crippen LogP) is 3.06. The zero-order valence-electron chi connectivity index (χ0n) is 8.87. The highest BCUT2D eigenvalue weighted by molar-refractivity contribution is 9.10. The van der Waals surface area contributed by atoms with Gasteiger partial charge in [-0.05, 0) is 30.7 Å². The minimum atomic E-state index is -0.410. The number of rotatable bonds is 4.